The average molecular weight is 652 g/mol. The fourth-order valence-corrected chi connectivity index (χ4v) is 8.15. The Morgan fingerprint density at radius 3 is 1.37 bits per heavy atom. The molecule has 5 heterocycles. The fraction of sp³-hybridized carbons (Fsp3) is 0. The van der Waals surface area contributed by atoms with Crippen LogP contribution in [0.5, 0.6) is 0 Å². The SMILES string of the molecule is c1ccc(-n2c3ccccc3c3c2ccc2c4ccccc4n(-c4cccc(-c5cccc(-n6c7ccccc7c7ccccc76)n5)n4)c23)cc1. The summed E-state index contributed by atoms with van der Waals surface area (Å²) >= 11 is 0. The van der Waals surface area contributed by atoms with Crippen molar-refractivity contribution in [1.82, 2.24) is 23.7 Å². The highest BCUT2D eigenvalue weighted by atomic mass is 15.1. The Morgan fingerprint density at radius 1 is 0.294 bits per heavy atom. The Balaban J connectivity index is 1.16. The first-order chi connectivity index (χ1) is 25.3. The van der Waals surface area contributed by atoms with E-state index in [4.69, 9.17) is 9.97 Å². The number of hydrogen-bond donors (Lipinski definition) is 0. The van der Waals surface area contributed by atoms with Crippen LogP contribution in [0.4, 0.5) is 0 Å². The largest absolute Gasteiger partial charge is 0.309 e. The first-order valence-corrected chi connectivity index (χ1v) is 17.3. The van der Waals surface area contributed by atoms with Crippen molar-refractivity contribution in [2.75, 3.05) is 0 Å². The lowest BCUT2D eigenvalue weighted by Gasteiger charge is -2.12. The van der Waals surface area contributed by atoms with Crippen molar-refractivity contribution in [3.63, 3.8) is 0 Å². The number of hydrogen-bond acceptors (Lipinski definition) is 2. The number of para-hydroxylation sites is 5. The zero-order valence-electron chi connectivity index (χ0n) is 27.5. The smallest absolute Gasteiger partial charge is 0.138 e. The molecule has 11 aromatic rings. The molecule has 6 aromatic carbocycles. The molecule has 0 bridgehead atoms. The maximum atomic E-state index is 5.37. The van der Waals surface area contributed by atoms with Crippen molar-refractivity contribution in [2.45, 2.75) is 0 Å². The summed E-state index contributed by atoms with van der Waals surface area (Å²) < 4.78 is 6.97. The molecule has 0 aliphatic carbocycles. The van der Waals surface area contributed by atoms with E-state index in [0.29, 0.717) is 0 Å². The summed E-state index contributed by atoms with van der Waals surface area (Å²) in [5.74, 6) is 1.72. The van der Waals surface area contributed by atoms with E-state index in [0.717, 1.165) is 56.3 Å². The van der Waals surface area contributed by atoms with E-state index in [-0.39, 0.29) is 0 Å². The van der Waals surface area contributed by atoms with Crippen LogP contribution in [-0.4, -0.2) is 23.7 Å². The molecule has 0 N–H and O–H groups in total. The summed E-state index contributed by atoms with van der Waals surface area (Å²) in [4.78, 5) is 10.6. The number of pyridine rings is 2. The first-order valence-electron chi connectivity index (χ1n) is 17.3. The van der Waals surface area contributed by atoms with Crippen LogP contribution in [0.2, 0.25) is 0 Å². The Labute approximate surface area is 292 Å². The molecule has 238 valence electrons. The minimum atomic E-state index is 0.819. The molecule has 0 radical (unpaired) electrons. The van der Waals surface area contributed by atoms with Crippen molar-refractivity contribution in [3.8, 4) is 28.7 Å². The average Bonchev–Trinajstić information content (AvgIpc) is 3.84. The lowest BCUT2D eigenvalue weighted by atomic mass is 10.1. The van der Waals surface area contributed by atoms with Gasteiger partial charge in [0.05, 0.1) is 44.5 Å². The third kappa shape index (κ3) is 4.03. The van der Waals surface area contributed by atoms with E-state index in [9.17, 15) is 0 Å². The Bertz CT molecular complexity index is 3090. The third-order valence-corrected chi connectivity index (χ3v) is 10.3. The van der Waals surface area contributed by atoms with Crippen LogP contribution in [-0.2, 0) is 0 Å². The van der Waals surface area contributed by atoms with Gasteiger partial charge in [-0.2, -0.15) is 0 Å². The van der Waals surface area contributed by atoms with Crippen molar-refractivity contribution in [2.24, 2.45) is 0 Å². The molecule has 11 rings (SSSR count). The minimum absolute atomic E-state index is 0.819. The van der Waals surface area contributed by atoms with Gasteiger partial charge in [-0.3, -0.25) is 9.13 Å². The topological polar surface area (TPSA) is 40.6 Å². The van der Waals surface area contributed by atoms with Crippen LogP contribution in [0.15, 0.2) is 176 Å². The van der Waals surface area contributed by atoms with Crippen LogP contribution in [0.25, 0.3) is 94.1 Å². The number of aromatic nitrogens is 5. The summed E-state index contributed by atoms with van der Waals surface area (Å²) in [6, 6.07) is 62.1. The Morgan fingerprint density at radius 2 is 0.765 bits per heavy atom. The molecular formula is C46H29N5. The van der Waals surface area contributed by atoms with Gasteiger partial charge in [-0.1, -0.05) is 109 Å². The molecule has 0 aliphatic heterocycles. The van der Waals surface area contributed by atoms with E-state index < -0.39 is 0 Å². The summed E-state index contributed by atoms with van der Waals surface area (Å²) in [6.07, 6.45) is 0. The van der Waals surface area contributed by atoms with Gasteiger partial charge in [-0.15, -0.1) is 0 Å². The van der Waals surface area contributed by atoms with Crippen molar-refractivity contribution in [1.29, 1.82) is 0 Å². The predicted molar refractivity (Wildman–Crippen MR) is 210 cm³/mol. The van der Waals surface area contributed by atoms with Crippen LogP contribution in [0.1, 0.15) is 0 Å². The van der Waals surface area contributed by atoms with Gasteiger partial charge in [0.15, 0.2) is 0 Å². The molecule has 0 atom stereocenters. The maximum Gasteiger partial charge on any atom is 0.138 e. The van der Waals surface area contributed by atoms with E-state index in [1.807, 2.05) is 0 Å². The minimum Gasteiger partial charge on any atom is -0.309 e. The van der Waals surface area contributed by atoms with Gasteiger partial charge in [0.25, 0.3) is 0 Å². The van der Waals surface area contributed by atoms with Crippen molar-refractivity contribution >= 4 is 65.4 Å². The van der Waals surface area contributed by atoms with Gasteiger partial charge < -0.3 is 4.57 Å². The highest BCUT2D eigenvalue weighted by Gasteiger charge is 2.21. The lowest BCUT2D eigenvalue weighted by Crippen LogP contribution is -2.01. The van der Waals surface area contributed by atoms with E-state index in [1.54, 1.807) is 0 Å². The molecule has 0 aliphatic rings. The molecule has 51 heavy (non-hydrogen) atoms. The molecule has 0 fully saturated rings. The van der Waals surface area contributed by atoms with Gasteiger partial charge in [0, 0.05) is 38.0 Å². The highest BCUT2D eigenvalue weighted by Crippen LogP contribution is 2.42. The van der Waals surface area contributed by atoms with E-state index >= 15 is 0 Å². The van der Waals surface area contributed by atoms with Gasteiger partial charge in [0.2, 0.25) is 0 Å². The molecule has 5 aromatic heterocycles. The highest BCUT2D eigenvalue weighted by molar-refractivity contribution is 6.26. The van der Waals surface area contributed by atoms with Crippen molar-refractivity contribution in [3.05, 3.63) is 176 Å². The molecule has 0 spiro atoms. The van der Waals surface area contributed by atoms with Gasteiger partial charge in [-0.25, -0.2) is 9.97 Å². The number of rotatable bonds is 4. The third-order valence-electron chi connectivity index (χ3n) is 10.3. The molecule has 0 amide bonds. The molecular weight excluding hydrogens is 623 g/mol. The Kier molecular flexibility index (Phi) is 5.89. The standard InChI is InChI=1S/C46H29N5/c1-2-14-30(15-3-1)49-41-25-11-7-19-35(41)45-42(49)29-28-34-33-18-6-10-24-40(33)51(46(34)45)44-27-13-21-37(48-44)36-20-12-26-43(47-36)50-38-22-8-4-16-31(38)32-17-5-9-23-39(32)50/h1-29H. The Hall–Kier alpha value is -6.98. The number of benzene rings is 6. The summed E-state index contributed by atoms with van der Waals surface area (Å²) in [6.45, 7) is 0. The maximum absolute atomic E-state index is 5.37. The molecule has 5 nitrogen and oxygen atoms in total. The fourth-order valence-electron chi connectivity index (χ4n) is 8.15. The van der Waals surface area contributed by atoms with Crippen molar-refractivity contribution < 1.29 is 0 Å². The van der Waals surface area contributed by atoms with Gasteiger partial charge in [0.1, 0.15) is 11.6 Å². The van der Waals surface area contributed by atoms with E-state index in [2.05, 4.69) is 190 Å². The van der Waals surface area contributed by atoms with Gasteiger partial charge in [-0.05, 0) is 66.7 Å². The zero-order valence-corrected chi connectivity index (χ0v) is 27.5. The van der Waals surface area contributed by atoms with E-state index in [1.165, 1.54) is 37.8 Å². The first kappa shape index (κ1) is 27.9. The second-order valence-corrected chi connectivity index (χ2v) is 13.0. The molecule has 5 heteroatoms. The molecule has 0 unspecified atom stereocenters. The number of nitrogens with zero attached hydrogens (tertiary/aromatic N) is 5. The molecule has 0 saturated carbocycles. The monoisotopic (exact) mass is 651 g/mol. The zero-order chi connectivity index (χ0) is 33.5. The quantitative estimate of drug-likeness (QED) is 0.190. The second-order valence-electron chi connectivity index (χ2n) is 13.0. The second kappa shape index (κ2) is 10.8. The molecule has 0 saturated heterocycles. The van der Waals surface area contributed by atoms with Crippen LogP contribution < -0.4 is 0 Å². The number of fused-ring (bicyclic) bond motifs is 10. The predicted octanol–water partition coefficient (Wildman–Crippen LogP) is 11.4. The summed E-state index contributed by atoms with van der Waals surface area (Å²) in [5, 5.41) is 7.25. The summed E-state index contributed by atoms with van der Waals surface area (Å²) in [5.41, 5.74) is 9.65. The summed E-state index contributed by atoms with van der Waals surface area (Å²) in [7, 11) is 0. The van der Waals surface area contributed by atoms with Crippen LogP contribution in [0.3, 0.4) is 0 Å². The normalized spacial score (nSPS) is 11.9. The van der Waals surface area contributed by atoms with Crippen LogP contribution >= 0.6 is 0 Å². The van der Waals surface area contributed by atoms with Gasteiger partial charge >= 0.3 is 0 Å². The lowest BCUT2D eigenvalue weighted by molar-refractivity contribution is 1.06. The van der Waals surface area contributed by atoms with Crippen LogP contribution in [0, 0.1) is 0 Å².